The molecule has 11 aromatic rings. The third-order valence-electron chi connectivity index (χ3n) is 12.3. The molecular formula is C62H43N. The van der Waals surface area contributed by atoms with Crippen LogP contribution < -0.4 is 4.90 Å². The second-order valence-corrected chi connectivity index (χ2v) is 16.0. The van der Waals surface area contributed by atoms with Crippen molar-refractivity contribution < 1.29 is 0 Å². The maximum Gasteiger partial charge on any atom is 0.0546 e. The van der Waals surface area contributed by atoms with Crippen LogP contribution in [0.5, 0.6) is 0 Å². The fraction of sp³-hybridized carbons (Fsp3) is 0. The molecule has 0 saturated carbocycles. The van der Waals surface area contributed by atoms with Gasteiger partial charge in [0, 0.05) is 22.2 Å². The molecule has 11 aromatic carbocycles. The van der Waals surface area contributed by atoms with Gasteiger partial charge in [-0.05, 0) is 102 Å². The van der Waals surface area contributed by atoms with Crippen LogP contribution >= 0.6 is 0 Å². The van der Waals surface area contributed by atoms with E-state index in [1.165, 1.54) is 77.2 Å². The molecule has 0 unspecified atom stereocenters. The third-order valence-corrected chi connectivity index (χ3v) is 12.3. The Hall–Kier alpha value is -8.26. The number of rotatable bonds is 9. The first kappa shape index (κ1) is 37.7. The van der Waals surface area contributed by atoms with Gasteiger partial charge in [-0.15, -0.1) is 0 Å². The molecule has 0 fully saturated rings. The van der Waals surface area contributed by atoms with Gasteiger partial charge in [-0.3, -0.25) is 0 Å². The van der Waals surface area contributed by atoms with Crippen LogP contribution in [-0.4, -0.2) is 0 Å². The molecule has 0 aromatic heterocycles. The van der Waals surface area contributed by atoms with Crippen molar-refractivity contribution in [3.8, 4) is 66.8 Å². The van der Waals surface area contributed by atoms with Gasteiger partial charge in [0.1, 0.15) is 0 Å². The first-order chi connectivity index (χ1) is 31.3. The Morgan fingerprint density at radius 1 is 0.222 bits per heavy atom. The van der Waals surface area contributed by atoms with Gasteiger partial charge in [-0.1, -0.05) is 231 Å². The molecule has 0 aliphatic rings. The van der Waals surface area contributed by atoms with Crippen molar-refractivity contribution in [3.05, 3.63) is 261 Å². The van der Waals surface area contributed by atoms with Crippen molar-refractivity contribution in [3.63, 3.8) is 0 Å². The SMILES string of the molecule is c1ccc(-c2ccc(-c3ccc(N(c4ccc(-c5ccccc5)cc4-c4ccccc4)c4cccc5c4c(-c4ccccc4)c(-c4ccccc4)c4ccccc45)cc3)cc2)cc1. The van der Waals surface area contributed by atoms with E-state index in [-0.39, 0.29) is 0 Å². The van der Waals surface area contributed by atoms with Gasteiger partial charge in [-0.2, -0.15) is 0 Å². The van der Waals surface area contributed by atoms with Crippen LogP contribution in [0, 0.1) is 0 Å². The fourth-order valence-electron chi connectivity index (χ4n) is 9.29. The Balaban J connectivity index is 1.20. The lowest BCUT2D eigenvalue weighted by molar-refractivity contribution is 1.30. The summed E-state index contributed by atoms with van der Waals surface area (Å²) in [6, 6.07) is 94.7. The van der Waals surface area contributed by atoms with Gasteiger partial charge in [-0.25, -0.2) is 0 Å². The largest absolute Gasteiger partial charge is 0.309 e. The number of fused-ring (bicyclic) bond motifs is 3. The molecule has 0 aliphatic heterocycles. The Morgan fingerprint density at radius 2 is 0.619 bits per heavy atom. The normalized spacial score (nSPS) is 11.2. The van der Waals surface area contributed by atoms with Gasteiger partial charge in [0.25, 0.3) is 0 Å². The summed E-state index contributed by atoms with van der Waals surface area (Å²) in [4.78, 5) is 2.50. The summed E-state index contributed by atoms with van der Waals surface area (Å²) < 4.78 is 0. The van der Waals surface area contributed by atoms with Gasteiger partial charge in [0.2, 0.25) is 0 Å². The molecule has 296 valence electrons. The molecule has 0 radical (unpaired) electrons. The fourth-order valence-corrected chi connectivity index (χ4v) is 9.29. The van der Waals surface area contributed by atoms with Crippen molar-refractivity contribution >= 4 is 38.6 Å². The van der Waals surface area contributed by atoms with Crippen LogP contribution in [0.25, 0.3) is 88.3 Å². The zero-order valence-electron chi connectivity index (χ0n) is 34.8. The molecule has 0 atom stereocenters. The van der Waals surface area contributed by atoms with Crippen molar-refractivity contribution in [2.45, 2.75) is 0 Å². The Bertz CT molecular complexity index is 3320. The smallest absolute Gasteiger partial charge is 0.0546 e. The average molecular weight is 802 g/mol. The van der Waals surface area contributed by atoms with Crippen molar-refractivity contribution in [1.29, 1.82) is 0 Å². The molecule has 63 heavy (non-hydrogen) atoms. The number of hydrogen-bond donors (Lipinski definition) is 0. The Labute approximate surface area is 369 Å². The van der Waals surface area contributed by atoms with Gasteiger partial charge >= 0.3 is 0 Å². The molecule has 0 heterocycles. The number of nitrogens with zero attached hydrogens (tertiary/aromatic N) is 1. The summed E-state index contributed by atoms with van der Waals surface area (Å²) in [6.07, 6.45) is 0. The second-order valence-electron chi connectivity index (χ2n) is 16.0. The van der Waals surface area contributed by atoms with Crippen LogP contribution in [0.1, 0.15) is 0 Å². The lowest BCUT2D eigenvalue weighted by Gasteiger charge is -2.31. The monoisotopic (exact) mass is 801 g/mol. The topological polar surface area (TPSA) is 3.24 Å². The van der Waals surface area contributed by atoms with E-state index in [2.05, 4.69) is 266 Å². The highest BCUT2D eigenvalue weighted by Crippen LogP contribution is 2.51. The van der Waals surface area contributed by atoms with E-state index in [1.54, 1.807) is 0 Å². The third kappa shape index (κ3) is 7.16. The highest BCUT2D eigenvalue weighted by atomic mass is 15.1. The predicted octanol–water partition coefficient (Wildman–Crippen LogP) is 17.5. The highest BCUT2D eigenvalue weighted by molar-refractivity contribution is 6.25. The Kier molecular flexibility index (Phi) is 9.97. The summed E-state index contributed by atoms with van der Waals surface area (Å²) in [5.41, 5.74) is 17.5. The quantitative estimate of drug-likeness (QED) is 0.131. The minimum absolute atomic E-state index is 1.07. The molecule has 1 heteroatoms. The van der Waals surface area contributed by atoms with Crippen LogP contribution in [-0.2, 0) is 0 Å². The van der Waals surface area contributed by atoms with E-state index in [4.69, 9.17) is 0 Å². The van der Waals surface area contributed by atoms with E-state index in [0.717, 1.165) is 28.2 Å². The van der Waals surface area contributed by atoms with Crippen LogP contribution in [0.3, 0.4) is 0 Å². The number of benzene rings is 11. The maximum atomic E-state index is 2.50. The average Bonchev–Trinajstić information content (AvgIpc) is 3.38. The lowest BCUT2D eigenvalue weighted by atomic mass is 9.84. The summed E-state index contributed by atoms with van der Waals surface area (Å²) in [5, 5.41) is 4.88. The standard InChI is InChI=1S/C62H43N/c1-6-19-44(20-7-1)46-33-35-47(36-34-46)48-37-40-53(41-38-48)63(58-42-39-52(45-21-8-2-9-22-45)43-57(58)49-23-10-3-11-24-49)59-32-18-31-56-54-29-16-17-30-55(54)60(50-25-12-4-13-26-50)61(62(56)59)51-27-14-5-15-28-51/h1-43H. The van der Waals surface area contributed by atoms with Crippen molar-refractivity contribution in [2.75, 3.05) is 4.90 Å². The second kappa shape index (κ2) is 16.7. The number of hydrogen-bond acceptors (Lipinski definition) is 1. The van der Waals surface area contributed by atoms with Crippen molar-refractivity contribution in [1.82, 2.24) is 0 Å². The van der Waals surface area contributed by atoms with E-state index in [0.29, 0.717) is 0 Å². The summed E-state index contributed by atoms with van der Waals surface area (Å²) in [6.45, 7) is 0. The lowest BCUT2D eigenvalue weighted by Crippen LogP contribution is -2.12. The van der Waals surface area contributed by atoms with Crippen LogP contribution in [0.2, 0.25) is 0 Å². The molecule has 0 amide bonds. The molecule has 0 aliphatic carbocycles. The van der Waals surface area contributed by atoms with Crippen molar-refractivity contribution in [2.24, 2.45) is 0 Å². The van der Waals surface area contributed by atoms with E-state index < -0.39 is 0 Å². The minimum Gasteiger partial charge on any atom is -0.309 e. The molecule has 0 saturated heterocycles. The van der Waals surface area contributed by atoms with E-state index >= 15 is 0 Å². The molecule has 11 rings (SSSR count). The zero-order valence-corrected chi connectivity index (χ0v) is 34.8. The maximum absolute atomic E-state index is 2.50. The number of anilines is 3. The minimum atomic E-state index is 1.07. The van der Waals surface area contributed by atoms with Crippen LogP contribution in [0.15, 0.2) is 261 Å². The highest BCUT2D eigenvalue weighted by Gasteiger charge is 2.25. The molecule has 1 nitrogen and oxygen atoms in total. The van der Waals surface area contributed by atoms with E-state index in [9.17, 15) is 0 Å². The Morgan fingerprint density at radius 3 is 1.17 bits per heavy atom. The van der Waals surface area contributed by atoms with Gasteiger partial charge < -0.3 is 4.90 Å². The first-order valence-corrected chi connectivity index (χ1v) is 21.7. The van der Waals surface area contributed by atoms with Gasteiger partial charge in [0.05, 0.1) is 11.4 Å². The summed E-state index contributed by atoms with van der Waals surface area (Å²) in [5.74, 6) is 0. The molecular weight excluding hydrogens is 759 g/mol. The molecule has 0 bridgehead atoms. The first-order valence-electron chi connectivity index (χ1n) is 21.7. The summed E-state index contributed by atoms with van der Waals surface area (Å²) in [7, 11) is 0. The molecule has 0 spiro atoms. The van der Waals surface area contributed by atoms with Crippen LogP contribution in [0.4, 0.5) is 17.1 Å². The summed E-state index contributed by atoms with van der Waals surface area (Å²) >= 11 is 0. The zero-order chi connectivity index (χ0) is 42.0. The predicted molar refractivity (Wildman–Crippen MR) is 269 cm³/mol. The van der Waals surface area contributed by atoms with Gasteiger partial charge in [0.15, 0.2) is 0 Å². The van der Waals surface area contributed by atoms with E-state index in [1.807, 2.05) is 0 Å². The molecule has 0 N–H and O–H groups in total.